The Labute approximate surface area is 143 Å². The number of hydrogen-bond donors (Lipinski definition) is 0. The summed E-state index contributed by atoms with van der Waals surface area (Å²) in [6.45, 7) is 2.08. The molecule has 1 aromatic carbocycles. The van der Waals surface area contributed by atoms with Crippen LogP contribution in [-0.4, -0.2) is 18.9 Å². The highest BCUT2D eigenvalue weighted by molar-refractivity contribution is 9.11. The first-order valence-corrected chi connectivity index (χ1v) is 7.96. The van der Waals surface area contributed by atoms with Crippen molar-refractivity contribution < 1.29 is 23.5 Å². The zero-order chi connectivity index (χ0) is 16.1. The van der Waals surface area contributed by atoms with Crippen molar-refractivity contribution in [2.45, 2.75) is 13.5 Å². The number of hydrogen-bond acceptors (Lipinski definition) is 5. The van der Waals surface area contributed by atoms with Gasteiger partial charge >= 0.3 is 5.97 Å². The number of aldehydes is 1. The monoisotopic (exact) mass is 430 g/mol. The molecule has 1 aromatic heterocycles. The maximum atomic E-state index is 11.5. The molecule has 0 aliphatic rings. The Morgan fingerprint density at radius 3 is 2.77 bits per heavy atom. The number of esters is 1. The molecule has 0 saturated heterocycles. The van der Waals surface area contributed by atoms with Crippen molar-refractivity contribution in [1.29, 1.82) is 0 Å². The molecule has 0 spiro atoms. The minimum atomic E-state index is -0.521. The first kappa shape index (κ1) is 16.8. The summed E-state index contributed by atoms with van der Waals surface area (Å²) in [6, 6.07) is 6.57. The molecule has 0 fully saturated rings. The quantitative estimate of drug-likeness (QED) is 0.501. The van der Waals surface area contributed by atoms with E-state index >= 15 is 0 Å². The van der Waals surface area contributed by atoms with Gasteiger partial charge in [0.15, 0.2) is 6.29 Å². The number of halogens is 2. The van der Waals surface area contributed by atoms with E-state index in [4.69, 9.17) is 13.9 Å². The Bertz CT molecular complexity index is 693. The fourth-order valence-electron chi connectivity index (χ4n) is 1.73. The summed E-state index contributed by atoms with van der Waals surface area (Å²) in [7, 11) is 0. The lowest BCUT2D eigenvalue weighted by Crippen LogP contribution is -2.03. The summed E-state index contributed by atoms with van der Waals surface area (Å²) in [5.74, 6) is 0.458. The van der Waals surface area contributed by atoms with E-state index in [1.165, 1.54) is 6.07 Å². The number of carbonyl (C=O) groups excluding carboxylic acids is 2. The van der Waals surface area contributed by atoms with Crippen LogP contribution in [0.4, 0.5) is 0 Å². The smallest absolute Gasteiger partial charge is 0.374 e. The van der Waals surface area contributed by atoms with Gasteiger partial charge in [0.25, 0.3) is 0 Å². The van der Waals surface area contributed by atoms with Crippen molar-refractivity contribution in [2.75, 3.05) is 6.61 Å². The SMILES string of the molecule is CCOC(=O)c1ccc(COc2c(Br)cc(Br)cc2C=O)o1. The summed E-state index contributed by atoms with van der Waals surface area (Å²) in [6.07, 6.45) is 0.705. The molecule has 0 radical (unpaired) electrons. The summed E-state index contributed by atoms with van der Waals surface area (Å²) >= 11 is 6.65. The highest BCUT2D eigenvalue weighted by Crippen LogP contribution is 2.32. The maximum Gasteiger partial charge on any atom is 0.374 e. The van der Waals surface area contributed by atoms with Crippen molar-refractivity contribution in [3.63, 3.8) is 0 Å². The maximum absolute atomic E-state index is 11.5. The lowest BCUT2D eigenvalue weighted by atomic mass is 10.2. The van der Waals surface area contributed by atoms with Crippen molar-refractivity contribution in [1.82, 2.24) is 0 Å². The number of ether oxygens (including phenoxy) is 2. The van der Waals surface area contributed by atoms with Crippen LogP contribution in [0.5, 0.6) is 5.75 Å². The molecule has 0 unspecified atom stereocenters. The summed E-state index contributed by atoms with van der Waals surface area (Å²) in [5, 5.41) is 0. The van der Waals surface area contributed by atoms with E-state index in [2.05, 4.69) is 31.9 Å². The normalized spacial score (nSPS) is 10.3. The van der Waals surface area contributed by atoms with Crippen LogP contribution in [-0.2, 0) is 11.3 Å². The second kappa shape index (κ2) is 7.60. The third-order valence-corrected chi connectivity index (χ3v) is 3.71. The number of benzene rings is 1. The van der Waals surface area contributed by atoms with Crippen LogP contribution in [0.15, 0.2) is 37.6 Å². The molecule has 0 bridgehead atoms. The first-order chi connectivity index (χ1) is 10.5. The Morgan fingerprint density at radius 2 is 2.09 bits per heavy atom. The molecule has 2 rings (SSSR count). The molecule has 2 aromatic rings. The molecule has 0 saturated carbocycles. The van der Waals surface area contributed by atoms with Crippen LogP contribution in [0.25, 0.3) is 0 Å². The molecular weight excluding hydrogens is 420 g/mol. The Hall–Kier alpha value is -1.60. The zero-order valence-corrected chi connectivity index (χ0v) is 14.8. The van der Waals surface area contributed by atoms with Crippen LogP contribution in [0.3, 0.4) is 0 Å². The highest BCUT2D eigenvalue weighted by atomic mass is 79.9. The van der Waals surface area contributed by atoms with Crippen LogP contribution in [0.2, 0.25) is 0 Å². The molecule has 116 valence electrons. The molecule has 5 nitrogen and oxygen atoms in total. The minimum Gasteiger partial charge on any atom is -0.484 e. The first-order valence-electron chi connectivity index (χ1n) is 6.38. The van der Waals surface area contributed by atoms with Crippen LogP contribution in [0, 0.1) is 0 Å². The molecular formula is C15H12Br2O5. The molecule has 22 heavy (non-hydrogen) atoms. The number of carbonyl (C=O) groups is 2. The van der Waals surface area contributed by atoms with Crippen LogP contribution >= 0.6 is 31.9 Å². The molecule has 0 amide bonds. The van der Waals surface area contributed by atoms with Crippen molar-refractivity contribution in [2.24, 2.45) is 0 Å². The molecule has 0 N–H and O–H groups in total. The van der Waals surface area contributed by atoms with Crippen LogP contribution < -0.4 is 4.74 Å². The molecule has 1 heterocycles. The van der Waals surface area contributed by atoms with Gasteiger partial charge in [0.1, 0.15) is 18.1 Å². The van der Waals surface area contributed by atoms with E-state index in [-0.39, 0.29) is 19.0 Å². The van der Waals surface area contributed by atoms with Gasteiger partial charge in [0, 0.05) is 4.47 Å². The topological polar surface area (TPSA) is 65.7 Å². The van der Waals surface area contributed by atoms with Gasteiger partial charge in [-0.1, -0.05) is 15.9 Å². The lowest BCUT2D eigenvalue weighted by molar-refractivity contribution is 0.0486. The zero-order valence-electron chi connectivity index (χ0n) is 11.6. The molecule has 0 aliphatic carbocycles. The van der Waals surface area contributed by atoms with Crippen molar-refractivity contribution in [3.8, 4) is 5.75 Å². The summed E-state index contributed by atoms with van der Waals surface area (Å²) < 4.78 is 17.2. The standard InChI is InChI=1S/C15H12Br2O5/c1-2-20-15(19)13-4-3-11(22-13)8-21-14-9(7-18)5-10(16)6-12(14)17/h3-7H,2,8H2,1H3. The van der Waals surface area contributed by atoms with Gasteiger partial charge in [-0.15, -0.1) is 0 Å². The van der Waals surface area contributed by atoms with E-state index in [9.17, 15) is 9.59 Å². The second-order valence-electron chi connectivity index (χ2n) is 4.20. The van der Waals surface area contributed by atoms with Gasteiger partial charge in [-0.25, -0.2) is 4.79 Å². The molecule has 0 atom stereocenters. The van der Waals surface area contributed by atoms with E-state index in [0.29, 0.717) is 27.8 Å². The largest absolute Gasteiger partial charge is 0.484 e. The highest BCUT2D eigenvalue weighted by Gasteiger charge is 2.14. The van der Waals surface area contributed by atoms with Gasteiger partial charge in [-0.3, -0.25) is 4.79 Å². The van der Waals surface area contributed by atoms with Gasteiger partial charge in [0.05, 0.1) is 16.6 Å². The van der Waals surface area contributed by atoms with Gasteiger partial charge in [-0.2, -0.15) is 0 Å². The van der Waals surface area contributed by atoms with Crippen molar-refractivity contribution in [3.05, 3.63) is 50.3 Å². The number of furan rings is 1. The predicted molar refractivity (Wildman–Crippen MR) is 86.2 cm³/mol. The lowest BCUT2D eigenvalue weighted by Gasteiger charge is -2.09. The minimum absolute atomic E-state index is 0.0838. The number of rotatable bonds is 6. The van der Waals surface area contributed by atoms with E-state index in [1.54, 1.807) is 25.1 Å². The average Bonchev–Trinajstić information content (AvgIpc) is 2.94. The van der Waals surface area contributed by atoms with Gasteiger partial charge in [-0.05, 0) is 47.1 Å². The predicted octanol–water partition coefficient (Wildman–Crippen LogP) is 4.37. The van der Waals surface area contributed by atoms with Crippen molar-refractivity contribution >= 4 is 44.1 Å². The fraction of sp³-hybridized carbons (Fsp3) is 0.200. The van der Waals surface area contributed by atoms with Crippen LogP contribution in [0.1, 0.15) is 33.6 Å². The Kier molecular flexibility index (Phi) is 5.79. The Morgan fingerprint density at radius 1 is 1.32 bits per heavy atom. The molecule has 7 heteroatoms. The van der Waals surface area contributed by atoms with E-state index in [1.807, 2.05) is 0 Å². The summed E-state index contributed by atoms with van der Waals surface area (Å²) in [4.78, 5) is 22.6. The van der Waals surface area contributed by atoms with Gasteiger partial charge in [0.2, 0.25) is 5.76 Å². The van der Waals surface area contributed by atoms with E-state index < -0.39 is 5.97 Å². The third-order valence-electron chi connectivity index (χ3n) is 2.66. The second-order valence-corrected chi connectivity index (χ2v) is 5.97. The Balaban J connectivity index is 2.11. The fourth-order valence-corrected chi connectivity index (χ4v) is 3.10. The van der Waals surface area contributed by atoms with E-state index in [0.717, 1.165) is 4.47 Å². The summed E-state index contributed by atoms with van der Waals surface area (Å²) in [5.41, 5.74) is 0.401. The average molecular weight is 432 g/mol. The third kappa shape index (κ3) is 3.98. The molecule has 0 aliphatic heterocycles. The van der Waals surface area contributed by atoms with Gasteiger partial charge < -0.3 is 13.9 Å².